The van der Waals surface area contributed by atoms with Crippen LogP contribution < -0.4 is 15.8 Å². The minimum atomic E-state index is -4.14. The monoisotopic (exact) mass is 449 g/mol. The summed E-state index contributed by atoms with van der Waals surface area (Å²) in [6.45, 7) is 3.54. The van der Waals surface area contributed by atoms with Crippen LogP contribution in [0.15, 0.2) is 23.4 Å². The molecule has 28 heavy (non-hydrogen) atoms. The highest BCUT2D eigenvalue weighted by molar-refractivity contribution is 7.93. The van der Waals surface area contributed by atoms with Crippen molar-refractivity contribution >= 4 is 44.0 Å². The molecule has 156 valence electrons. The lowest BCUT2D eigenvalue weighted by molar-refractivity contribution is 0.468. The van der Waals surface area contributed by atoms with Crippen molar-refractivity contribution in [3.05, 3.63) is 29.3 Å². The number of rotatable bonds is 12. The summed E-state index contributed by atoms with van der Waals surface area (Å²) >= 11 is 7.00. The number of benzene rings is 1. The fourth-order valence-electron chi connectivity index (χ4n) is 2.70. The van der Waals surface area contributed by atoms with Crippen LogP contribution in [0.25, 0.3) is 0 Å². The third-order valence-electron chi connectivity index (χ3n) is 4.24. The first-order valence-electron chi connectivity index (χ1n) is 9.06. The Bertz CT molecular complexity index is 849. The van der Waals surface area contributed by atoms with E-state index in [0.29, 0.717) is 18.2 Å². The smallest absolute Gasteiger partial charge is 0.266 e. The van der Waals surface area contributed by atoms with Crippen LogP contribution in [0.3, 0.4) is 0 Å². The van der Waals surface area contributed by atoms with Gasteiger partial charge in [0.05, 0.1) is 10.7 Å². The van der Waals surface area contributed by atoms with E-state index in [-0.39, 0.29) is 10.2 Å². The lowest BCUT2D eigenvalue weighted by Crippen LogP contribution is -2.15. The Balaban J connectivity index is 1.89. The topological polar surface area (TPSA) is 110 Å². The maximum atomic E-state index is 14.4. The lowest BCUT2D eigenvalue weighted by Gasteiger charge is -2.12. The quantitative estimate of drug-likeness (QED) is 0.421. The highest BCUT2D eigenvalue weighted by Crippen LogP contribution is 2.29. The zero-order valence-corrected chi connectivity index (χ0v) is 18.0. The van der Waals surface area contributed by atoms with Gasteiger partial charge in [-0.15, -0.1) is 0 Å². The van der Waals surface area contributed by atoms with Crippen molar-refractivity contribution in [1.82, 2.24) is 9.36 Å². The fraction of sp³-hybridized carbons (Fsp3) is 0.529. The largest absolute Gasteiger partial charge is 0.384 e. The Labute approximate surface area is 174 Å². The van der Waals surface area contributed by atoms with E-state index in [2.05, 4.69) is 26.3 Å². The molecule has 2 aromatic rings. The normalized spacial score (nSPS) is 12.7. The average Bonchev–Trinajstić information content (AvgIpc) is 3.12. The molecular weight excluding hydrogens is 425 g/mol. The third kappa shape index (κ3) is 6.84. The van der Waals surface area contributed by atoms with Crippen LogP contribution >= 0.6 is 23.1 Å². The molecule has 0 amide bonds. The molecule has 1 aromatic carbocycles. The van der Waals surface area contributed by atoms with E-state index in [1.54, 1.807) is 0 Å². The first-order chi connectivity index (χ1) is 13.3. The average molecular weight is 450 g/mol. The van der Waals surface area contributed by atoms with E-state index in [0.717, 1.165) is 62.3 Å². The standard InChI is InChI=1S/C17H25ClFN5O2S2/c1-12(6-7-20)5-3-2-4-8-21-15-10-14(19)16(9-13(15)18)28(25,26)24-17-22-11-23-27-17/h9-12,21H,2-8,20H2,1H3,(H,22,23,24)/t12-/m0/s1. The molecule has 0 spiro atoms. The number of anilines is 2. The summed E-state index contributed by atoms with van der Waals surface area (Å²) in [5.74, 6) is -0.260. The van der Waals surface area contributed by atoms with Crippen LogP contribution in [-0.4, -0.2) is 30.9 Å². The number of sulfonamides is 1. The van der Waals surface area contributed by atoms with Crippen LogP contribution in [0.1, 0.15) is 39.0 Å². The van der Waals surface area contributed by atoms with Crippen molar-refractivity contribution < 1.29 is 12.8 Å². The number of nitrogens with two attached hydrogens (primary N) is 1. The summed E-state index contributed by atoms with van der Waals surface area (Å²) in [7, 11) is -4.14. The molecule has 0 fully saturated rings. The van der Waals surface area contributed by atoms with Gasteiger partial charge in [0.25, 0.3) is 10.0 Å². The summed E-state index contributed by atoms with van der Waals surface area (Å²) in [4.78, 5) is 3.19. The summed E-state index contributed by atoms with van der Waals surface area (Å²) < 4.78 is 44.9. The molecule has 0 saturated carbocycles. The van der Waals surface area contributed by atoms with Gasteiger partial charge in [-0.3, -0.25) is 4.72 Å². The highest BCUT2D eigenvalue weighted by atomic mass is 35.5. The first-order valence-corrected chi connectivity index (χ1v) is 11.7. The Kier molecular flexibility index (Phi) is 8.87. The van der Waals surface area contributed by atoms with Gasteiger partial charge in [0.15, 0.2) is 0 Å². The molecule has 1 aromatic heterocycles. The number of hydrogen-bond acceptors (Lipinski definition) is 7. The Morgan fingerprint density at radius 2 is 2.07 bits per heavy atom. The molecule has 0 unspecified atom stereocenters. The van der Waals surface area contributed by atoms with E-state index in [1.165, 1.54) is 6.33 Å². The van der Waals surface area contributed by atoms with Gasteiger partial charge in [-0.25, -0.2) is 17.8 Å². The zero-order valence-electron chi connectivity index (χ0n) is 15.6. The molecular formula is C17H25ClFN5O2S2. The van der Waals surface area contributed by atoms with Crippen molar-refractivity contribution in [3.8, 4) is 0 Å². The predicted octanol–water partition coefficient (Wildman–Crippen LogP) is 4.09. The second kappa shape index (κ2) is 10.9. The van der Waals surface area contributed by atoms with Crippen molar-refractivity contribution in [2.75, 3.05) is 23.1 Å². The van der Waals surface area contributed by atoms with Gasteiger partial charge in [0.2, 0.25) is 5.13 Å². The zero-order chi connectivity index (χ0) is 20.6. The van der Waals surface area contributed by atoms with Gasteiger partial charge in [-0.2, -0.15) is 4.37 Å². The molecule has 4 N–H and O–H groups in total. The molecule has 0 radical (unpaired) electrons. The van der Waals surface area contributed by atoms with Gasteiger partial charge in [0.1, 0.15) is 17.0 Å². The second-order valence-electron chi connectivity index (χ2n) is 6.57. The molecule has 7 nitrogen and oxygen atoms in total. The van der Waals surface area contributed by atoms with Gasteiger partial charge in [-0.05, 0) is 37.4 Å². The Hall–Kier alpha value is -1.49. The first kappa shape index (κ1) is 22.8. The van der Waals surface area contributed by atoms with E-state index in [4.69, 9.17) is 17.3 Å². The second-order valence-corrected chi connectivity index (χ2v) is 9.41. The molecule has 0 aliphatic heterocycles. The van der Waals surface area contributed by atoms with E-state index >= 15 is 0 Å². The predicted molar refractivity (Wildman–Crippen MR) is 112 cm³/mol. The van der Waals surface area contributed by atoms with Crippen molar-refractivity contribution in [2.45, 2.75) is 43.9 Å². The number of nitrogens with zero attached hydrogens (tertiary/aromatic N) is 2. The number of halogens is 2. The van der Waals surface area contributed by atoms with Crippen LogP contribution in [0.4, 0.5) is 15.2 Å². The van der Waals surface area contributed by atoms with E-state index in [9.17, 15) is 12.8 Å². The number of hydrogen-bond donors (Lipinski definition) is 3. The van der Waals surface area contributed by atoms with Crippen molar-refractivity contribution in [2.24, 2.45) is 11.7 Å². The van der Waals surface area contributed by atoms with Crippen molar-refractivity contribution in [1.29, 1.82) is 0 Å². The van der Waals surface area contributed by atoms with Gasteiger partial charge >= 0.3 is 0 Å². The minimum Gasteiger partial charge on any atom is -0.384 e. The number of aromatic nitrogens is 2. The molecule has 0 bridgehead atoms. The molecule has 1 atom stereocenters. The van der Waals surface area contributed by atoms with Gasteiger partial charge in [0, 0.05) is 18.1 Å². The third-order valence-corrected chi connectivity index (χ3v) is 6.62. The summed E-state index contributed by atoms with van der Waals surface area (Å²) in [5, 5.41) is 3.25. The highest BCUT2D eigenvalue weighted by Gasteiger charge is 2.22. The van der Waals surface area contributed by atoms with E-state index in [1.807, 2.05) is 0 Å². The summed E-state index contributed by atoms with van der Waals surface area (Å²) in [6.07, 6.45) is 6.44. The van der Waals surface area contributed by atoms with Crippen LogP contribution in [0, 0.1) is 11.7 Å². The van der Waals surface area contributed by atoms with Gasteiger partial charge < -0.3 is 11.1 Å². The SMILES string of the molecule is C[C@H](CCN)CCCCCNc1cc(F)c(S(=O)(=O)Nc2ncns2)cc1Cl. The molecule has 11 heteroatoms. The van der Waals surface area contributed by atoms with E-state index < -0.39 is 20.7 Å². The Morgan fingerprint density at radius 3 is 2.75 bits per heavy atom. The maximum Gasteiger partial charge on any atom is 0.266 e. The molecule has 0 aliphatic rings. The van der Waals surface area contributed by atoms with Crippen LogP contribution in [-0.2, 0) is 10.0 Å². The maximum absolute atomic E-state index is 14.4. The molecule has 2 rings (SSSR count). The molecule has 0 aliphatic carbocycles. The number of nitrogens with one attached hydrogen (secondary N) is 2. The molecule has 0 saturated heterocycles. The minimum absolute atomic E-state index is 0.0542. The molecule has 1 heterocycles. The van der Waals surface area contributed by atoms with Crippen LogP contribution in [0.2, 0.25) is 5.02 Å². The van der Waals surface area contributed by atoms with Gasteiger partial charge in [-0.1, -0.05) is 37.8 Å². The fourth-order valence-corrected chi connectivity index (χ4v) is 4.75. The van der Waals surface area contributed by atoms with Crippen LogP contribution in [0.5, 0.6) is 0 Å². The number of unbranched alkanes of at least 4 members (excludes halogenated alkanes) is 2. The van der Waals surface area contributed by atoms with Crippen molar-refractivity contribution in [3.63, 3.8) is 0 Å². The summed E-state index contributed by atoms with van der Waals surface area (Å²) in [5.41, 5.74) is 5.91. The lowest BCUT2D eigenvalue weighted by atomic mass is 10.00. The Morgan fingerprint density at radius 1 is 1.29 bits per heavy atom. The summed E-state index contributed by atoms with van der Waals surface area (Å²) in [6, 6.07) is 2.19.